The number of aliphatic hydroxyl groups excluding tert-OH is 1. The molecule has 19 heavy (non-hydrogen) atoms. The average Bonchev–Trinajstić information content (AvgIpc) is 2.35. The van der Waals surface area contributed by atoms with Crippen molar-refractivity contribution in [2.24, 2.45) is 11.8 Å². The van der Waals surface area contributed by atoms with E-state index in [1.54, 1.807) is 0 Å². The minimum absolute atomic E-state index is 0.0711. The van der Waals surface area contributed by atoms with Gasteiger partial charge < -0.3 is 15.5 Å². The van der Waals surface area contributed by atoms with E-state index in [9.17, 15) is 23.1 Å². The van der Waals surface area contributed by atoms with Gasteiger partial charge in [0.15, 0.2) is 0 Å². The molecule has 0 aromatic carbocycles. The maximum absolute atomic E-state index is 12.6. The van der Waals surface area contributed by atoms with Gasteiger partial charge in [-0.15, -0.1) is 0 Å². The maximum atomic E-state index is 12.6. The lowest BCUT2D eigenvalue weighted by atomic mass is 9.80. The van der Waals surface area contributed by atoms with Gasteiger partial charge in [-0.1, -0.05) is 6.42 Å². The maximum Gasteiger partial charge on any atom is 0.391 e. The summed E-state index contributed by atoms with van der Waals surface area (Å²) in [6, 6.07) is 0. The number of rotatable bonds is 4. The summed E-state index contributed by atoms with van der Waals surface area (Å²) in [5.74, 6) is -2.58. The first-order chi connectivity index (χ1) is 8.65. The number of halogens is 3. The molecule has 0 heterocycles. The Morgan fingerprint density at radius 3 is 2.53 bits per heavy atom. The molecule has 0 bridgehead atoms. The van der Waals surface area contributed by atoms with E-state index >= 15 is 0 Å². The lowest BCUT2D eigenvalue weighted by molar-refractivity contribution is -0.186. The van der Waals surface area contributed by atoms with Gasteiger partial charge in [0.25, 0.3) is 0 Å². The highest BCUT2D eigenvalue weighted by molar-refractivity contribution is 5.78. The second-order valence-corrected chi connectivity index (χ2v) is 5.47. The van der Waals surface area contributed by atoms with E-state index in [0.29, 0.717) is 12.8 Å². The molecular weight excluding hydrogens is 263 g/mol. The van der Waals surface area contributed by atoms with Crippen LogP contribution in [0.1, 0.15) is 32.6 Å². The first-order valence-corrected chi connectivity index (χ1v) is 6.33. The molecule has 7 heteroatoms. The molecule has 0 saturated heterocycles. The smallest absolute Gasteiger partial charge is 0.391 e. The molecule has 4 nitrogen and oxygen atoms in total. The second-order valence-electron chi connectivity index (χ2n) is 5.47. The summed E-state index contributed by atoms with van der Waals surface area (Å²) in [7, 11) is 0. The summed E-state index contributed by atoms with van der Waals surface area (Å²) in [4.78, 5) is 11.8. The van der Waals surface area contributed by atoms with Crippen molar-refractivity contribution in [3.8, 4) is 0 Å². The molecule has 1 aliphatic rings. The van der Waals surface area contributed by atoms with Crippen LogP contribution in [-0.4, -0.2) is 41.0 Å². The van der Waals surface area contributed by atoms with E-state index in [-0.39, 0.29) is 19.4 Å². The summed E-state index contributed by atoms with van der Waals surface area (Å²) < 4.78 is 37.8. The minimum atomic E-state index is -4.25. The number of hydrogen-bond donors (Lipinski definition) is 3. The molecule has 3 atom stereocenters. The highest BCUT2D eigenvalue weighted by Crippen LogP contribution is 2.39. The summed E-state index contributed by atoms with van der Waals surface area (Å²) in [6.07, 6.45) is -3.58. The topological polar surface area (TPSA) is 69.6 Å². The summed E-state index contributed by atoms with van der Waals surface area (Å²) >= 11 is 0. The van der Waals surface area contributed by atoms with Crippen LogP contribution in [0.4, 0.5) is 13.2 Å². The monoisotopic (exact) mass is 283 g/mol. The van der Waals surface area contributed by atoms with Crippen molar-refractivity contribution in [3.05, 3.63) is 0 Å². The highest BCUT2D eigenvalue weighted by Gasteiger charge is 2.43. The molecule has 0 aromatic heterocycles. The van der Waals surface area contributed by atoms with Gasteiger partial charge in [-0.2, -0.15) is 13.2 Å². The van der Waals surface area contributed by atoms with Gasteiger partial charge in [0.2, 0.25) is 5.91 Å². The third-order valence-corrected chi connectivity index (χ3v) is 3.49. The van der Waals surface area contributed by atoms with Crippen LogP contribution in [0, 0.1) is 11.8 Å². The van der Waals surface area contributed by atoms with Crippen LogP contribution in [0.5, 0.6) is 0 Å². The molecule has 1 saturated carbocycles. The molecule has 0 aromatic rings. The normalized spacial score (nSPS) is 27.7. The van der Waals surface area contributed by atoms with E-state index < -0.39 is 36.1 Å². The Bertz CT molecular complexity index is 318. The lowest BCUT2D eigenvalue weighted by Crippen LogP contribution is -2.46. The Kier molecular flexibility index (Phi) is 5.20. The third-order valence-electron chi connectivity index (χ3n) is 3.49. The Morgan fingerprint density at radius 1 is 1.37 bits per heavy atom. The molecule has 1 rings (SSSR count). The van der Waals surface area contributed by atoms with Gasteiger partial charge in [0.1, 0.15) is 5.60 Å². The van der Waals surface area contributed by atoms with Crippen molar-refractivity contribution in [2.45, 2.75) is 44.4 Å². The molecule has 112 valence electrons. The Morgan fingerprint density at radius 2 is 2.00 bits per heavy atom. The lowest BCUT2D eigenvalue weighted by Gasteiger charge is -2.30. The summed E-state index contributed by atoms with van der Waals surface area (Å²) in [5, 5.41) is 20.7. The van der Waals surface area contributed by atoms with Crippen molar-refractivity contribution >= 4 is 5.91 Å². The van der Waals surface area contributed by atoms with Crippen LogP contribution < -0.4 is 5.32 Å². The van der Waals surface area contributed by atoms with Gasteiger partial charge in [0.05, 0.1) is 12.5 Å². The van der Waals surface area contributed by atoms with Crippen molar-refractivity contribution in [1.82, 2.24) is 5.32 Å². The fraction of sp³-hybridized carbons (Fsp3) is 0.917. The zero-order chi connectivity index (χ0) is 14.7. The van der Waals surface area contributed by atoms with Crippen LogP contribution >= 0.6 is 0 Å². The van der Waals surface area contributed by atoms with Crippen molar-refractivity contribution in [3.63, 3.8) is 0 Å². The zero-order valence-electron chi connectivity index (χ0n) is 10.8. The Labute approximate surface area is 110 Å². The largest absolute Gasteiger partial charge is 0.393 e. The first-order valence-electron chi connectivity index (χ1n) is 6.33. The molecule has 1 aliphatic carbocycles. The predicted octanol–water partition coefficient (Wildman–Crippen LogP) is 1.21. The summed E-state index contributed by atoms with van der Waals surface area (Å²) in [6.45, 7) is 0.644. The number of nitrogens with one attached hydrogen (secondary N) is 1. The molecule has 0 radical (unpaired) electrons. The Hall–Kier alpha value is -0.820. The first kappa shape index (κ1) is 16.2. The predicted molar refractivity (Wildman–Crippen MR) is 62.2 cm³/mol. The van der Waals surface area contributed by atoms with Gasteiger partial charge in [-0.25, -0.2) is 0 Å². The van der Waals surface area contributed by atoms with Crippen LogP contribution in [0.15, 0.2) is 0 Å². The van der Waals surface area contributed by atoms with Gasteiger partial charge in [-0.05, 0) is 26.2 Å². The number of carbonyl (C=O) groups excluding carboxylic acids is 1. The second kappa shape index (κ2) is 6.09. The number of hydrogen-bond acceptors (Lipinski definition) is 3. The van der Waals surface area contributed by atoms with E-state index in [1.807, 2.05) is 0 Å². The number of amides is 1. The van der Waals surface area contributed by atoms with Crippen molar-refractivity contribution < 1.29 is 28.2 Å². The van der Waals surface area contributed by atoms with E-state index in [1.165, 1.54) is 6.92 Å². The molecule has 0 spiro atoms. The number of aliphatic hydroxyl groups is 2. The molecule has 1 fully saturated rings. The standard InChI is InChI=1S/C12H20F3NO3/c1-11(19,7-17)6-16-10(18)8-3-2-4-9(5-8)12(13,14)15/h8-9,17,19H,2-7H2,1H3,(H,16,18). The van der Waals surface area contributed by atoms with Crippen LogP contribution in [0.25, 0.3) is 0 Å². The van der Waals surface area contributed by atoms with Crippen molar-refractivity contribution in [2.75, 3.05) is 13.2 Å². The number of alkyl halides is 3. The average molecular weight is 283 g/mol. The molecule has 3 unspecified atom stereocenters. The zero-order valence-corrected chi connectivity index (χ0v) is 10.8. The van der Waals surface area contributed by atoms with Crippen molar-refractivity contribution in [1.29, 1.82) is 0 Å². The molecule has 1 amide bonds. The van der Waals surface area contributed by atoms with Gasteiger partial charge >= 0.3 is 6.18 Å². The van der Waals surface area contributed by atoms with Crippen LogP contribution in [0.2, 0.25) is 0 Å². The summed E-state index contributed by atoms with van der Waals surface area (Å²) in [5.41, 5.74) is -1.45. The van der Waals surface area contributed by atoms with E-state index in [0.717, 1.165) is 0 Å². The van der Waals surface area contributed by atoms with Gasteiger partial charge in [0, 0.05) is 12.5 Å². The minimum Gasteiger partial charge on any atom is -0.393 e. The van der Waals surface area contributed by atoms with E-state index in [2.05, 4.69) is 5.32 Å². The molecule has 0 aliphatic heterocycles. The molecule has 3 N–H and O–H groups in total. The highest BCUT2D eigenvalue weighted by atomic mass is 19.4. The Balaban J connectivity index is 2.49. The van der Waals surface area contributed by atoms with Crippen LogP contribution in [0.3, 0.4) is 0 Å². The fourth-order valence-corrected chi connectivity index (χ4v) is 2.20. The van der Waals surface area contributed by atoms with Gasteiger partial charge in [-0.3, -0.25) is 4.79 Å². The van der Waals surface area contributed by atoms with Crippen LogP contribution in [-0.2, 0) is 4.79 Å². The quantitative estimate of drug-likeness (QED) is 0.726. The van der Waals surface area contributed by atoms with E-state index in [4.69, 9.17) is 5.11 Å². The number of carbonyl (C=O) groups is 1. The SMILES string of the molecule is CC(O)(CO)CNC(=O)C1CCCC(C(F)(F)F)C1. The third kappa shape index (κ3) is 4.99. The fourth-order valence-electron chi connectivity index (χ4n) is 2.20. The molecular formula is C12H20F3NO3.